The summed E-state index contributed by atoms with van der Waals surface area (Å²) in [4.78, 5) is 3.24. The summed E-state index contributed by atoms with van der Waals surface area (Å²) in [5, 5.41) is 0.763. The smallest absolute Gasteiger partial charge is 0.178 e. The summed E-state index contributed by atoms with van der Waals surface area (Å²) in [6, 6.07) is 5.88. The Morgan fingerprint density at radius 1 is 1.47 bits per heavy atom. The molecule has 1 aliphatic carbocycles. The molecule has 2 nitrogen and oxygen atoms in total. The highest BCUT2D eigenvalue weighted by molar-refractivity contribution is 7.71. The van der Waals surface area contributed by atoms with E-state index in [0.717, 1.165) is 27.4 Å². The van der Waals surface area contributed by atoms with Gasteiger partial charge in [-0.05, 0) is 48.7 Å². The van der Waals surface area contributed by atoms with E-state index in [1.54, 1.807) is 0 Å². The number of imidazole rings is 1. The van der Waals surface area contributed by atoms with Crippen LogP contribution in [0.5, 0.6) is 0 Å². The number of rotatable bonds is 2. The second-order valence-electron chi connectivity index (χ2n) is 5.34. The van der Waals surface area contributed by atoms with Crippen LogP contribution in [0.25, 0.3) is 11.0 Å². The monoisotopic (exact) mass is 266 g/mol. The third kappa shape index (κ3) is 1.91. The lowest BCUT2D eigenvalue weighted by molar-refractivity contribution is 0.133. The molecule has 1 aromatic heterocycles. The second kappa shape index (κ2) is 3.85. The summed E-state index contributed by atoms with van der Waals surface area (Å²) < 4.78 is 2.99. The summed E-state index contributed by atoms with van der Waals surface area (Å²) in [5.74, 6) is 0. The van der Waals surface area contributed by atoms with Gasteiger partial charge in [0.15, 0.2) is 4.77 Å². The lowest BCUT2D eigenvalue weighted by Crippen LogP contribution is -2.30. The first-order chi connectivity index (χ1) is 8.07. The molecule has 4 heteroatoms. The van der Waals surface area contributed by atoms with Crippen molar-refractivity contribution in [3.63, 3.8) is 0 Å². The molecule has 1 fully saturated rings. The fourth-order valence-electron chi connectivity index (χ4n) is 2.60. The fourth-order valence-corrected chi connectivity index (χ4v) is 3.04. The van der Waals surface area contributed by atoms with Crippen LogP contribution in [0.1, 0.15) is 26.2 Å². The largest absolute Gasteiger partial charge is 0.331 e. The molecule has 1 saturated carbocycles. The molecule has 0 amide bonds. The molecule has 0 unspecified atom stereocenters. The Balaban J connectivity index is 2.11. The van der Waals surface area contributed by atoms with Gasteiger partial charge in [-0.2, -0.15) is 0 Å². The predicted octanol–water partition coefficient (Wildman–Crippen LogP) is 4.54. The Kier molecular flexibility index (Phi) is 2.56. The van der Waals surface area contributed by atoms with Crippen molar-refractivity contribution < 1.29 is 0 Å². The average molecular weight is 267 g/mol. The fraction of sp³-hybridized carbons (Fsp3) is 0.462. The van der Waals surface area contributed by atoms with Crippen LogP contribution < -0.4 is 0 Å². The molecular formula is C13H15ClN2S. The summed E-state index contributed by atoms with van der Waals surface area (Å²) in [6.07, 6.45) is 3.93. The lowest BCUT2D eigenvalue weighted by Gasteiger charge is -2.38. The number of halogens is 1. The Hall–Kier alpha value is -0.800. The van der Waals surface area contributed by atoms with Crippen molar-refractivity contribution in [2.75, 3.05) is 0 Å². The Bertz CT molecular complexity index is 622. The van der Waals surface area contributed by atoms with Crippen molar-refractivity contribution >= 4 is 34.9 Å². The molecule has 90 valence electrons. The van der Waals surface area contributed by atoms with Crippen molar-refractivity contribution in [3.8, 4) is 0 Å². The van der Waals surface area contributed by atoms with Gasteiger partial charge >= 0.3 is 0 Å². The number of hydrogen-bond acceptors (Lipinski definition) is 1. The molecule has 0 aliphatic heterocycles. The molecule has 1 N–H and O–H groups in total. The number of hydrogen-bond donors (Lipinski definition) is 1. The van der Waals surface area contributed by atoms with E-state index in [0.29, 0.717) is 5.41 Å². The first-order valence-electron chi connectivity index (χ1n) is 5.96. The number of aromatic amines is 1. The molecule has 0 bridgehead atoms. The molecule has 1 heterocycles. The first kappa shape index (κ1) is 11.3. The SMILES string of the molecule is CC1(Cn2c(=S)[nH]c3ccc(Cl)cc32)CCC1. The topological polar surface area (TPSA) is 20.7 Å². The van der Waals surface area contributed by atoms with Crippen LogP contribution in [-0.4, -0.2) is 9.55 Å². The molecular weight excluding hydrogens is 252 g/mol. The second-order valence-corrected chi connectivity index (χ2v) is 6.17. The zero-order valence-corrected chi connectivity index (χ0v) is 11.4. The van der Waals surface area contributed by atoms with Crippen LogP contribution in [0.15, 0.2) is 18.2 Å². The van der Waals surface area contributed by atoms with Crippen LogP contribution in [0, 0.1) is 10.2 Å². The number of H-pyrrole nitrogens is 1. The van der Waals surface area contributed by atoms with Crippen LogP contribution >= 0.6 is 23.8 Å². The third-order valence-electron chi connectivity index (χ3n) is 3.84. The average Bonchev–Trinajstić information content (AvgIpc) is 2.53. The molecule has 0 saturated heterocycles. The van der Waals surface area contributed by atoms with E-state index < -0.39 is 0 Å². The predicted molar refractivity (Wildman–Crippen MR) is 74.1 cm³/mol. The highest BCUT2D eigenvalue weighted by atomic mass is 35.5. The van der Waals surface area contributed by atoms with Crippen LogP contribution in [0.3, 0.4) is 0 Å². The number of aromatic nitrogens is 2. The standard InChI is InChI=1S/C13H15ClN2S/c1-13(5-2-6-13)8-16-11-7-9(14)3-4-10(11)15-12(16)17/h3-4,7H,2,5-6,8H2,1H3,(H,15,17). The number of fused-ring (bicyclic) bond motifs is 1. The van der Waals surface area contributed by atoms with E-state index >= 15 is 0 Å². The number of nitrogens with one attached hydrogen (secondary N) is 1. The first-order valence-corrected chi connectivity index (χ1v) is 6.74. The Labute approximate surface area is 111 Å². The van der Waals surface area contributed by atoms with E-state index in [1.165, 1.54) is 19.3 Å². The van der Waals surface area contributed by atoms with Gasteiger partial charge in [0.05, 0.1) is 11.0 Å². The molecule has 1 aromatic carbocycles. The minimum atomic E-state index is 0.412. The zero-order chi connectivity index (χ0) is 12.0. The lowest BCUT2D eigenvalue weighted by atomic mass is 9.70. The number of benzene rings is 1. The summed E-state index contributed by atoms with van der Waals surface area (Å²) in [5.41, 5.74) is 2.60. The van der Waals surface area contributed by atoms with Gasteiger partial charge in [-0.3, -0.25) is 0 Å². The van der Waals surface area contributed by atoms with Crippen molar-refractivity contribution in [2.45, 2.75) is 32.7 Å². The van der Waals surface area contributed by atoms with Gasteiger partial charge in [0, 0.05) is 11.6 Å². The maximum Gasteiger partial charge on any atom is 0.178 e. The third-order valence-corrected chi connectivity index (χ3v) is 4.40. The van der Waals surface area contributed by atoms with Gasteiger partial charge in [-0.25, -0.2) is 0 Å². The van der Waals surface area contributed by atoms with Gasteiger partial charge in [0.2, 0.25) is 0 Å². The highest BCUT2D eigenvalue weighted by Gasteiger charge is 2.32. The van der Waals surface area contributed by atoms with E-state index in [2.05, 4.69) is 16.5 Å². The minimum absolute atomic E-state index is 0.412. The molecule has 3 rings (SSSR count). The van der Waals surface area contributed by atoms with E-state index in [9.17, 15) is 0 Å². The highest BCUT2D eigenvalue weighted by Crippen LogP contribution is 2.42. The van der Waals surface area contributed by atoms with Crippen molar-refractivity contribution in [1.82, 2.24) is 9.55 Å². The van der Waals surface area contributed by atoms with Gasteiger partial charge in [-0.1, -0.05) is 24.9 Å². The van der Waals surface area contributed by atoms with Crippen LogP contribution in [0.4, 0.5) is 0 Å². The Morgan fingerprint density at radius 3 is 2.88 bits per heavy atom. The molecule has 0 atom stereocenters. The van der Waals surface area contributed by atoms with E-state index in [-0.39, 0.29) is 0 Å². The zero-order valence-electron chi connectivity index (χ0n) is 9.79. The molecule has 0 radical (unpaired) electrons. The Morgan fingerprint density at radius 2 is 2.24 bits per heavy atom. The summed E-state index contributed by atoms with van der Waals surface area (Å²) >= 11 is 11.5. The van der Waals surface area contributed by atoms with Crippen molar-refractivity contribution in [1.29, 1.82) is 0 Å². The summed E-state index contributed by atoms with van der Waals surface area (Å²) in [6.45, 7) is 3.33. The van der Waals surface area contributed by atoms with Gasteiger partial charge < -0.3 is 9.55 Å². The maximum absolute atomic E-state index is 6.06. The summed E-state index contributed by atoms with van der Waals surface area (Å²) in [7, 11) is 0. The van der Waals surface area contributed by atoms with Gasteiger partial charge in [0.25, 0.3) is 0 Å². The van der Waals surface area contributed by atoms with E-state index in [1.807, 2.05) is 18.2 Å². The van der Waals surface area contributed by atoms with Gasteiger partial charge in [0.1, 0.15) is 0 Å². The van der Waals surface area contributed by atoms with Crippen molar-refractivity contribution in [2.24, 2.45) is 5.41 Å². The van der Waals surface area contributed by atoms with Crippen LogP contribution in [-0.2, 0) is 6.54 Å². The molecule has 1 aliphatic rings. The van der Waals surface area contributed by atoms with Crippen LogP contribution in [0.2, 0.25) is 5.02 Å². The normalized spacial score (nSPS) is 18.2. The molecule has 2 aromatic rings. The maximum atomic E-state index is 6.06. The van der Waals surface area contributed by atoms with E-state index in [4.69, 9.17) is 23.8 Å². The molecule has 17 heavy (non-hydrogen) atoms. The van der Waals surface area contributed by atoms with Crippen molar-refractivity contribution in [3.05, 3.63) is 28.0 Å². The van der Waals surface area contributed by atoms with Gasteiger partial charge in [-0.15, -0.1) is 0 Å². The molecule has 0 spiro atoms. The minimum Gasteiger partial charge on any atom is -0.331 e. The quantitative estimate of drug-likeness (QED) is 0.792. The number of nitrogens with zero attached hydrogens (tertiary/aromatic N) is 1.